The lowest BCUT2D eigenvalue weighted by Crippen LogP contribution is -2.24. The van der Waals surface area contributed by atoms with Crippen molar-refractivity contribution in [2.75, 3.05) is 6.54 Å². The third-order valence-corrected chi connectivity index (χ3v) is 4.10. The van der Waals surface area contributed by atoms with E-state index in [2.05, 4.69) is 13.5 Å². The van der Waals surface area contributed by atoms with Crippen molar-refractivity contribution in [1.29, 1.82) is 5.26 Å². The Morgan fingerprint density at radius 1 is 1.41 bits per heavy atom. The zero-order valence-electron chi connectivity index (χ0n) is 8.62. The molecule has 1 heterocycles. The van der Waals surface area contributed by atoms with E-state index in [1.807, 2.05) is 6.07 Å². The molecule has 1 aromatic carbocycles. The number of hydrogen-bond donors (Lipinski definition) is 1. The number of rotatable bonds is 4. The van der Waals surface area contributed by atoms with Gasteiger partial charge in [0.05, 0.1) is 17.8 Å². The molecule has 0 fully saturated rings. The molecular formula is C9H8N4O2S2. The highest BCUT2D eigenvalue weighted by Gasteiger charge is 2.18. The molecule has 0 radical (unpaired) electrons. The maximum absolute atomic E-state index is 11.9. The molecule has 0 atom stereocenters. The predicted molar refractivity (Wildman–Crippen MR) is 62.8 cm³/mol. The highest BCUT2D eigenvalue weighted by Crippen LogP contribution is 2.20. The fourth-order valence-electron chi connectivity index (χ4n) is 1.32. The van der Waals surface area contributed by atoms with Gasteiger partial charge in [0.2, 0.25) is 10.0 Å². The maximum Gasteiger partial charge on any atom is 0.242 e. The lowest BCUT2D eigenvalue weighted by molar-refractivity contribution is 0.583. The largest absolute Gasteiger partial charge is 0.242 e. The van der Waals surface area contributed by atoms with Crippen molar-refractivity contribution in [2.45, 2.75) is 11.3 Å². The summed E-state index contributed by atoms with van der Waals surface area (Å²) in [4.78, 5) is 0.0988. The SMILES string of the molecule is N#CCCNS(=O)(=O)c1cccc2nsnc12. The van der Waals surface area contributed by atoms with Crippen molar-refractivity contribution in [3.8, 4) is 6.07 Å². The predicted octanol–water partition coefficient (Wildman–Crippen LogP) is 0.883. The quantitative estimate of drug-likeness (QED) is 0.830. The van der Waals surface area contributed by atoms with Gasteiger partial charge in [-0.3, -0.25) is 0 Å². The van der Waals surface area contributed by atoms with E-state index >= 15 is 0 Å². The van der Waals surface area contributed by atoms with E-state index in [4.69, 9.17) is 5.26 Å². The second-order valence-corrected chi connectivity index (χ2v) is 5.46. The maximum atomic E-state index is 11.9. The van der Waals surface area contributed by atoms with Crippen molar-refractivity contribution in [2.24, 2.45) is 0 Å². The molecular weight excluding hydrogens is 260 g/mol. The van der Waals surface area contributed by atoms with Gasteiger partial charge in [0, 0.05) is 13.0 Å². The number of aromatic nitrogens is 2. The van der Waals surface area contributed by atoms with Gasteiger partial charge >= 0.3 is 0 Å². The molecule has 0 saturated carbocycles. The lowest BCUT2D eigenvalue weighted by Gasteiger charge is -2.04. The number of nitriles is 1. The Morgan fingerprint density at radius 3 is 3.00 bits per heavy atom. The highest BCUT2D eigenvalue weighted by atomic mass is 32.2. The van der Waals surface area contributed by atoms with Crippen LogP contribution in [0.1, 0.15) is 6.42 Å². The van der Waals surface area contributed by atoms with Crippen LogP contribution in [0.3, 0.4) is 0 Å². The Kier molecular flexibility index (Phi) is 3.33. The van der Waals surface area contributed by atoms with E-state index in [1.165, 1.54) is 6.07 Å². The van der Waals surface area contributed by atoms with Crippen LogP contribution >= 0.6 is 11.7 Å². The zero-order valence-corrected chi connectivity index (χ0v) is 10.3. The molecule has 0 aliphatic rings. The molecule has 6 nitrogen and oxygen atoms in total. The van der Waals surface area contributed by atoms with Gasteiger partial charge in [0.25, 0.3) is 0 Å². The third-order valence-electron chi connectivity index (χ3n) is 2.07. The van der Waals surface area contributed by atoms with Gasteiger partial charge in [-0.1, -0.05) is 6.07 Å². The second kappa shape index (κ2) is 4.75. The number of nitrogens with zero attached hydrogens (tertiary/aromatic N) is 3. The molecule has 0 aliphatic heterocycles. The van der Waals surface area contributed by atoms with E-state index < -0.39 is 10.0 Å². The van der Waals surface area contributed by atoms with Gasteiger partial charge in [-0.2, -0.15) is 14.0 Å². The summed E-state index contributed by atoms with van der Waals surface area (Å²) in [5, 5.41) is 8.37. The minimum Gasteiger partial charge on any atom is -0.210 e. The summed E-state index contributed by atoms with van der Waals surface area (Å²) in [6, 6.07) is 6.66. The molecule has 0 amide bonds. The number of sulfonamides is 1. The standard InChI is InChI=1S/C9H8N4O2S2/c10-5-2-6-11-17(14,15)8-4-1-3-7-9(8)13-16-12-7/h1,3-4,11H,2,6H2. The average Bonchev–Trinajstić information content (AvgIpc) is 2.76. The minimum atomic E-state index is -3.63. The monoisotopic (exact) mass is 268 g/mol. The molecule has 2 rings (SSSR count). The Hall–Kier alpha value is -1.56. The van der Waals surface area contributed by atoms with Gasteiger partial charge in [-0.25, -0.2) is 13.1 Å². The smallest absolute Gasteiger partial charge is 0.210 e. The molecule has 1 N–H and O–H groups in total. The summed E-state index contributed by atoms with van der Waals surface area (Å²) >= 11 is 0.967. The first kappa shape index (κ1) is 11.9. The summed E-state index contributed by atoms with van der Waals surface area (Å²) in [5.74, 6) is 0. The molecule has 0 unspecified atom stereocenters. The minimum absolute atomic E-state index is 0.0901. The highest BCUT2D eigenvalue weighted by molar-refractivity contribution is 7.89. The Balaban J connectivity index is 2.39. The van der Waals surface area contributed by atoms with Crippen LogP contribution in [0.2, 0.25) is 0 Å². The van der Waals surface area contributed by atoms with E-state index in [9.17, 15) is 8.42 Å². The van der Waals surface area contributed by atoms with Gasteiger partial charge < -0.3 is 0 Å². The Morgan fingerprint density at radius 2 is 2.24 bits per heavy atom. The molecule has 2 aromatic rings. The van der Waals surface area contributed by atoms with Crippen LogP contribution in [-0.2, 0) is 10.0 Å². The van der Waals surface area contributed by atoms with E-state index in [0.29, 0.717) is 11.0 Å². The van der Waals surface area contributed by atoms with E-state index in [-0.39, 0.29) is 17.9 Å². The van der Waals surface area contributed by atoms with Crippen molar-refractivity contribution in [1.82, 2.24) is 13.5 Å². The normalized spacial score (nSPS) is 11.5. The van der Waals surface area contributed by atoms with Crippen molar-refractivity contribution < 1.29 is 8.42 Å². The molecule has 8 heteroatoms. The first-order valence-electron chi connectivity index (χ1n) is 4.73. The number of hydrogen-bond acceptors (Lipinski definition) is 6. The summed E-state index contributed by atoms with van der Waals surface area (Å²) in [6.07, 6.45) is 0.129. The molecule has 0 saturated heterocycles. The molecule has 0 bridgehead atoms. The van der Waals surface area contributed by atoms with Crippen LogP contribution < -0.4 is 4.72 Å². The summed E-state index contributed by atoms with van der Waals surface area (Å²) in [5.41, 5.74) is 0.917. The molecule has 1 aromatic heterocycles. The second-order valence-electron chi connectivity index (χ2n) is 3.19. The van der Waals surface area contributed by atoms with Crippen molar-refractivity contribution >= 4 is 32.8 Å². The number of nitrogens with one attached hydrogen (secondary N) is 1. The van der Waals surface area contributed by atoms with Gasteiger partial charge in [0.15, 0.2) is 0 Å². The van der Waals surface area contributed by atoms with Gasteiger partial charge in [-0.05, 0) is 12.1 Å². The number of benzene rings is 1. The molecule has 0 spiro atoms. The first-order chi connectivity index (χ1) is 8.15. The van der Waals surface area contributed by atoms with Crippen LogP contribution in [0, 0.1) is 11.3 Å². The molecule has 88 valence electrons. The van der Waals surface area contributed by atoms with Gasteiger partial charge in [-0.15, -0.1) is 0 Å². The van der Waals surface area contributed by atoms with Crippen LogP contribution in [0.5, 0.6) is 0 Å². The zero-order chi connectivity index (χ0) is 12.3. The van der Waals surface area contributed by atoms with Gasteiger partial charge in [0.1, 0.15) is 15.9 Å². The van der Waals surface area contributed by atoms with Crippen LogP contribution in [0.15, 0.2) is 23.1 Å². The van der Waals surface area contributed by atoms with Crippen molar-refractivity contribution in [3.05, 3.63) is 18.2 Å². The molecule has 17 heavy (non-hydrogen) atoms. The molecule has 0 aliphatic carbocycles. The summed E-state index contributed by atoms with van der Waals surface area (Å²) in [7, 11) is -3.63. The lowest BCUT2D eigenvalue weighted by atomic mass is 10.3. The summed E-state index contributed by atoms with van der Waals surface area (Å²) < 4.78 is 34.2. The topological polar surface area (TPSA) is 95.7 Å². The average molecular weight is 268 g/mol. The number of fused-ring (bicyclic) bond motifs is 1. The van der Waals surface area contributed by atoms with Crippen LogP contribution in [-0.4, -0.2) is 23.7 Å². The van der Waals surface area contributed by atoms with Crippen molar-refractivity contribution in [3.63, 3.8) is 0 Å². The third kappa shape index (κ3) is 2.41. The Bertz CT molecular complexity index is 672. The van der Waals surface area contributed by atoms with Crippen LogP contribution in [0.4, 0.5) is 0 Å². The van der Waals surface area contributed by atoms with Crippen LogP contribution in [0.25, 0.3) is 11.0 Å². The summed E-state index contributed by atoms with van der Waals surface area (Å²) in [6.45, 7) is 0.0901. The fourth-order valence-corrected chi connectivity index (χ4v) is 3.11. The fraction of sp³-hybridized carbons (Fsp3) is 0.222. The first-order valence-corrected chi connectivity index (χ1v) is 6.94. The van der Waals surface area contributed by atoms with E-state index in [0.717, 1.165) is 11.7 Å². The Labute approximate surface area is 102 Å². The van der Waals surface area contributed by atoms with E-state index in [1.54, 1.807) is 12.1 Å².